The van der Waals surface area contributed by atoms with Crippen LogP contribution >= 0.6 is 0 Å². The van der Waals surface area contributed by atoms with Gasteiger partial charge < -0.3 is 4.98 Å². The molecule has 3 heterocycles. The number of benzene rings is 1. The molecule has 0 aliphatic carbocycles. The summed E-state index contributed by atoms with van der Waals surface area (Å²) in [5.74, 6) is 0.913. The van der Waals surface area contributed by atoms with Crippen LogP contribution in [-0.2, 0) is 25.9 Å². The van der Waals surface area contributed by atoms with E-state index in [9.17, 15) is 19.7 Å². The molecular weight excluding hydrogens is 406 g/mol. The summed E-state index contributed by atoms with van der Waals surface area (Å²) in [6.07, 6.45) is 1.30. The number of nitro benzene ring substituents is 1. The van der Waals surface area contributed by atoms with E-state index in [1.54, 1.807) is 12.1 Å². The molecule has 160 valence electrons. The zero-order valence-electron chi connectivity index (χ0n) is 16.6. The first-order valence-electron chi connectivity index (χ1n) is 9.66. The summed E-state index contributed by atoms with van der Waals surface area (Å²) >= 11 is 0. The third-order valence-corrected chi connectivity index (χ3v) is 4.85. The number of imidazole rings is 1. The van der Waals surface area contributed by atoms with E-state index in [1.165, 1.54) is 21.3 Å². The monoisotopic (exact) mass is 425 g/mol. The second-order valence-corrected chi connectivity index (χ2v) is 6.97. The van der Waals surface area contributed by atoms with Gasteiger partial charge in [0.15, 0.2) is 11.5 Å². The minimum Gasteiger partial charge on any atom is -0.336 e. The quantitative estimate of drug-likeness (QED) is 0.304. The topological polar surface area (TPSA) is 170 Å². The molecule has 0 amide bonds. The van der Waals surface area contributed by atoms with E-state index < -0.39 is 16.2 Å². The third kappa shape index (κ3) is 3.97. The number of nitrogens with zero attached hydrogens (tertiary/aromatic N) is 7. The van der Waals surface area contributed by atoms with Gasteiger partial charge in [0.2, 0.25) is 0 Å². The fraction of sp³-hybridized carbons (Fsp3) is 0.333. The molecule has 4 aromatic rings. The van der Waals surface area contributed by atoms with E-state index in [2.05, 4.69) is 30.6 Å². The van der Waals surface area contributed by atoms with Crippen LogP contribution in [0.1, 0.15) is 30.6 Å². The highest BCUT2D eigenvalue weighted by atomic mass is 16.6. The van der Waals surface area contributed by atoms with Crippen LogP contribution in [-0.4, -0.2) is 44.6 Å². The lowest BCUT2D eigenvalue weighted by Gasteiger charge is -2.10. The highest BCUT2D eigenvalue weighted by Crippen LogP contribution is 2.14. The zero-order chi connectivity index (χ0) is 22.0. The Morgan fingerprint density at radius 2 is 1.87 bits per heavy atom. The van der Waals surface area contributed by atoms with Crippen molar-refractivity contribution in [2.24, 2.45) is 0 Å². The lowest BCUT2D eigenvalue weighted by molar-refractivity contribution is -0.384. The molecule has 0 radical (unpaired) electrons. The summed E-state index contributed by atoms with van der Waals surface area (Å²) < 4.78 is 2.64. The number of aromatic nitrogens is 8. The largest absolute Gasteiger partial charge is 0.336 e. The van der Waals surface area contributed by atoms with E-state index in [-0.39, 0.29) is 36.4 Å². The zero-order valence-corrected chi connectivity index (χ0v) is 16.6. The Balaban J connectivity index is 1.72. The smallest absolute Gasteiger partial charge is 0.332 e. The fourth-order valence-corrected chi connectivity index (χ4v) is 3.36. The summed E-state index contributed by atoms with van der Waals surface area (Å²) in [5.41, 5.74) is 0.440. The Labute approximate surface area is 173 Å². The average molecular weight is 425 g/mol. The molecule has 0 saturated heterocycles. The molecule has 4 rings (SSSR count). The van der Waals surface area contributed by atoms with Gasteiger partial charge in [0, 0.05) is 25.2 Å². The predicted molar refractivity (Wildman–Crippen MR) is 109 cm³/mol. The highest BCUT2D eigenvalue weighted by Gasteiger charge is 2.18. The number of rotatable bonds is 8. The molecule has 0 aliphatic heterocycles. The molecule has 2 N–H and O–H groups in total. The Hall–Kier alpha value is -4.16. The number of nitro groups is 1. The summed E-state index contributed by atoms with van der Waals surface area (Å²) in [6.45, 7) is 2.42. The molecule has 31 heavy (non-hydrogen) atoms. The van der Waals surface area contributed by atoms with Gasteiger partial charge in [-0.25, -0.2) is 14.9 Å². The van der Waals surface area contributed by atoms with Gasteiger partial charge in [-0.15, -0.1) is 5.10 Å². The number of aryl methyl sites for hydroxylation is 2. The molecule has 1 aromatic carbocycles. The first-order valence-corrected chi connectivity index (χ1v) is 9.66. The fourth-order valence-electron chi connectivity index (χ4n) is 3.36. The van der Waals surface area contributed by atoms with Gasteiger partial charge in [-0.3, -0.25) is 24.0 Å². The van der Waals surface area contributed by atoms with Crippen molar-refractivity contribution in [1.29, 1.82) is 0 Å². The molecule has 0 spiro atoms. The van der Waals surface area contributed by atoms with Crippen LogP contribution in [0.25, 0.3) is 11.2 Å². The van der Waals surface area contributed by atoms with E-state index in [4.69, 9.17) is 0 Å². The Bertz CT molecular complexity index is 1330. The Morgan fingerprint density at radius 1 is 1.10 bits per heavy atom. The van der Waals surface area contributed by atoms with Crippen molar-refractivity contribution in [1.82, 2.24) is 39.7 Å². The molecule has 13 nitrogen and oxygen atoms in total. The van der Waals surface area contributed by atoms with Gasteiger partial charge in [0.05, 0.1) is 11.3 Å². The van der Waals surface area contributed by atoms with Gasteiger partial charge in [-0.05, 0) is 28.8 Å². The van der Waals surface area contributed by atoms with E-state index in [0.717, 1.165) is 5.56 Å². The van der Waals surface area contributed by atoms with Crippen molar-refractivity contribution in [2.45, 2.75) is 39.3 Å². The van der Waals surface area contributed by atoms with Crippen molar-refractivity contribution in [3.8, 4) is 0 Å². The van der Waals surface area contributed by atoms with Crippen molar-refractivity contribution in [3.05, 3.63) is 72.4 Å². The molecule has 0 aliphatic rings. The molecule has 0 unspecified atom stereocenters. The van der Waals surface area contributed by atoms with Crippen LogP contribution in [0, 0.1) is 10.1 Å². The second-order valence-electron chi connectivity index (χ2n) is 6.97. The van der Waals surface area contributed by atoms with Crippen molar-refractivity contribution in [2.75, 3.05) is 0 Å². The summed E-state index contributed by atoms with van der Waals surface area (Å²) in [4.78, 5) is 43.7. The SMILES string of the molecule is CCCn1c(=O)c2[nH]c(Cc3nnn[nH]3)nc2n(CCc2ccc([N+](=O)[O-])cc2)c1=O. The van der Waals surface area contributed by atoms with Crippen LogP contribution < -0.4 is 11.2 Å². The van der Waals surface area contributed by atoms with Gasteiger partial charge in [-0.2, -0.15) is 0 Å². The maximum absolute atomic E-state index is 13.0. The van der Waals surface area contributed by atoms with E-state index in [0.29, 0.717) is 24.5 Å². The standard InChI is InChI=1S/C18H19N9O4/c1-2-8-26-17(28)15-16(20-13(19-15)10-14-21-23-24-22-14)25(18(26)29)9-7-11-3-5-12(6-4-11)27(30)31/h3-6H,2,7-10H2,1H3,(H,19,20)(H,21,22,23,24). The van der Waals surface area contributed by atoms with Crippen LogP contribution in [0.5, 0.6) is 0 Å². The molecule has 13 heteroatoms. The maximum atomic E-state index is 13.0. The molecule has 3 aromatic heterocycles. The maximum Gasteiger partial charge on any atom is 0.332 e. The first kappa shape index (κ1) is 20.1. The van der Waals surface area contributed by atoms with Gasteiger partial charge >= 0.3 is 5.69 Å². The molecular formula is C18H19N9O4. The van der Waals surface area contributed by atoms with Crippen LogP contribution in [0.15, 0.2) is 33.9 Å². The van der Waals surface area contributed by atoms with Crippen LogP contribution in [0.2, 0.25) is 0 Å². The molecule has 0 atom stereocenters. The Kier molecular flexibility index (Phi) is 5.39. The number of hydrogen-bond donors (Lipinski definition) is 2. The van der Waals surface area contributed by atoms with Crippen molar-refractivity contribution < 1.29 is 4.92 Å². The second kappa shape index (κ2) is 8.30. The number of H-pyrrole nitrogens is 2. The lowest BCUT2D eigenvalue weighted by Crippen LogP contribution is -2.40. The number of aromatic amines is 2. The third-order valence-electron chi connectivity index (χ3n) is 4.85. The molecule has 0 fully saturated rings. The van der Waals surface area contributed by atoms with E-state index in [1.807, 2.05) is 6.92 Å². The van der Waals surface area contributed by atoms with Crippen LogP contribution in [0.4, 0.5) is 5.69 Å². The predicted octanol–water partition coefficient (Wildman–Crippen LogP) is 0.551. The lowest BCUT2D eigenvalue weighted by atomic mass is 10.1. The highest BCUT2D eigenvalue weighted by molar-refractivity contribution is 5.70. The number of fused-ring (bicyclic) bond motifs is 1. The summed E-state index contributed by atoms with van der Waals surface area (Å²) in [5, 5.41) is 24.3. The minimum absolute atomic E-state index is 0.00125. The first-order chi connectivity index (χ1) is 15.0. The molecule has 0 saturated carbocycles. The number of hydrogen-bond acceptors (Lipinski definition) is 8. The van der Waals surface area contributed by atoms with Gasteiger partial charge in [0.25, 0.3) is 11.2 Å². The van der Waals surface area contributed by atoms with E-state index >= 15 is 0 Å². The summed E-state index contributed by atoms with van der Waals surface area (Å²) in [7, 11) is 0. The Morgan fingerprint density at radius 3 is 2.52 bits per heavy atom. The van der Waals surface area contributed by atoms with Crippen molar-refractivity contribution >= 4 is 16.9 Å². The number of non-ortho nitro benzene ring substituents is 1. The molecule has 0 bridgehead atoms. The summed E-state index contributed by atoms with van der Waals surface area (Å²) in [6, 6.07) is 6.14. The van der Waals surface area contributed by atoms with Gasteiger partial charge in [-0.1, -0.05) is 19.1 Å². The van der Waals surface area contributed by atoms with Crippen molar-refractivity contribution in [3.63, 3.8) is 0 Å². The minimum atomic E-state index is -0.465. The number of tetrazole rings is 1. The number of nitrogens with one attached hydrogen (secondary N) is 2. The normalized spacial score (nSPS) is 11.3. The van der Waals surface area contributed by atoms with Gasteiger partial charge in [0.1, 0.15) is 11.3 Å². The average Bonchev–Trinajstić information content (AvgIpc) is 3.42. The van der Waals surface area contributed by atoms with Crippen LogP contribution in [0.3, 0.4) is 0 Å².